The van der Waals surface area contributed by atoms with Crippen molar-refractivity contribution in [3.63, 3.8) is 0 Å². The molecule has 0 heterocycles. The van der Waals surface area contributed by atoms with Gasteiger partial charge >= 0.3 is 0 Å². The molecule has 0 amide bonds. The highest BCUT2D eigenvalue weighted by Crippen LogP contribution is 2.35. The Morgan fingerprint density at radius 3 is 0.789 bits per heavy atom. The van der Waals surface area contributed by atoms with E-state index < -0.39 is 0 Å². The van der Waals surface area contributed by atoms with E-state index in [0.717, 1.165) is 11.8 Å². The zero-order chi connectivity index (χ0) is 12.5. The molecule has 2 aliphatic rings. The summed E-state index contributed by atoms with van der Waals surface area (Å²) in [6.45, 7) is 0. The molecule has 0 saturated heterocycles. The molecule has 0 aromatic carbocycles. The first-order valence-electron chi connectivity index (χ1n) is 8.97. The first kappa shape index (κ1) is 17.1. The summed E-state index contributed by atoms with van der Waals surface area (Å²) in [7, 11) is 0. The highest BCUT2D eigenvalue weighted by atomic mass is 14.3. The number of hydrogen-bond donors (Lipinski definition) is 0. The second kappa shape index (κ2) is 10.8. The Labute approximate surface area is 123 Å². The molecule has 1 heteroatoms. The van der Waals surface area contributed by atoms with E-state index in [-0.39, 0.29) is 8.41 Å². The predicted octanol–water partition coefficient (Wildman–Crippen LogP) is 5.30. The normalized spacial score (nSPS) is 25.9. The van der Waals surface area contributed by atoms with E-state index in [2.05, 4.69) is 0 Å². The molecular weight excluding hydrogens is 227 g/mol. The topological polar surface area (TPSA) is 0 Å². The van der Waals surface area contributed by atoms with Crippen molar-refractivity contribution in [1.82, 2.24) is 0 Å². The maximum absolute atomic E-state index is 1.56. The molecule has 2 fully saturated rings. The van der Waals surface area contributed by atoms with Crippen LogP contribution in [-0.2, 0) is 0 Å². The summed E-state index contributed by atoms with van der Waals surface area (Å²) in [4.78, 5) is 0. The lowest BCUT2D eigenvalue weighted by molar-refractivity contribution is 0.247. The molecule has 0 bridgehead atoms. The monoisotopic (exact) mass is 264 g/mol. The van der Waals surface area contributed by atoms with Gasteiger partial charge in [-0.15, -0.1) is 0 Å². The Kier molecular flexibility index (Phi) is 9.73. The van der Waals surface area contributed by atoms with Crippen LogP contribution in [0.2, 0.25) is 0 Å². The van der Waals surface area contributed by atoms with Crippen molar-refractivity contribution < 1.29 is 0 Å². The standard InChI is InChI=1S/C18H34.BH3/c1-2-6-10-14-17(13-9-5-1)18-15-11-7-3-4-8-12-16-18;/h17-18H,1-16H2;1H3. The zero-order valence-corrected chi connectivity index (χ0v) is 12.5. The minimum atomic E-state index is 0. The first-order valence-corrected chi connectivity index (χ1v) is 8.97. The molecule has 0 aromatic rings. The molecule has 0 N–H and O–H groups in total. The van der Waals surface area contributed by atoms with Gasteiger partial charge in [0.15, 0.2) is 0 Å². The molecular formula is C18H37B. The third kappa shape index (κ3) is 6.86. The molecule has 2 aliphatic carbocycles. The lowest BCUT2D eigenvalue weighted by Gasteiger charge is -2.27. The van der Waals surface area contributed by atoms with Crippen molar-refractivity contribution in [2.24, 2.45) is 11.8 Å². The SMILES string of the molecule is B.C1CCCCC(C2CCCCCCCC2)CCC1. The first-order chi connectivity index (χ1) is 8.97. The Balaban J connectivity index is 0.00000180. The lowest BCUT2D eigenvalue weighted by Crippen LogP contribution is -2.15. The summed E-state index contributed by atoms with van der Waals surface area (Å²) in [6, 6.07) is 0. The molecule has 0 nitrogen and oxygen atoms in total. The van der Waals surface area contributed by atoms with Crippen LogP contribution in [0.25, 0.3) is 0 Å². The average Bonchev–Trinajstić information content (AvgIpc) is 2.61. The van der Waals surface area contributed by atoms with Gasteiger partial charge in [-0.05, 0) is 11.8 Å². The van der Waals surface area contributed by atoms with Crippen LogP contribution < -0.4 is 0 Å². The van der Waals surface area contributed by atoms with E-state index in [1.807, 2.05) is 0 Å². The predicted molar refractivity (Wildman–Crippen MR) is 90.8 cm³/mol. The van der Waals surface area contributed by atoms with Crippen LogP contribution in [0.5, 0.6) is 0 Å². The molecule has 19 heavy (non-hydrogen) atoms. The van der Waals surface area contributed by atoms with Crippen molar-refractivity contribution in [3.05, 3.63) is 0 Å². The molecule has 0 spiro atoms. The van der Waals surface area contributed by atoms with Gasteiger partial charge < -0.3 is 0 Å². The molecule has 2 saturated carbocycles. The van der Waals surface area contributed by atoms with Crippen LogP contribution in [0.15, 0.2) is 0 Å². The summed E-state index contributed by atoms with van der Waals surface area (Å²) in [5.41, 5.74) is 0. The molecule has 0 radical (unpaired) electrons. The van der Waals surface area contributed by atoms with E-state index in [1.165, 1.54) is 77.0 Å². The van der Waals surface area contributed by atoms with Crippen molar-refractivity contribution in [1.29, 1.82) is 0 Å². The Hall–Kier alpha value is 0.0649. The van der Waals surface area contributed by atoms with E-state index >= 15 is 0 Å². The van der Waals surface area contributed by atoms with Crippen LogP contribution in [0.4, 0.5) is 0 Å². The smallest absolute Gasteiger partial charge is 0.0533 e. The van der Waals surface area contributed by atoms with E-state index in [1.54, 1.807) is 25.7 Å². The maximum atomic E-state index is 1.56. The van der Waals surface area contributed by atoms with Crippen molar-refractivity contribution in [3.8, 4) is 0 Å². The van der Waals surface area contributed by atoms with Crippen molar-refractivity contribution in [2.75, 3.05) is 0 Å². The Bertz CT molecular complexity index is 160. The van der Waals surface area contributed by atoms with E-state index in [9.17, 15) is 0 Å². The highest BCUT2D eigenvalue weighted by Gasteiger charge is 2.21. The Morgan fingerprint density at radius 2 is 0.526 bits per heavy atom. The van der Waals surface area contributed by atoms with Gasteiger partial charge in [0.1, 0.15) is 0 Å². The van der Waals surface area contributed by atoms with E-state index in [4.69, 9.17) is 0 Å². The summed E-state index contributed by atoms with van der Waals surface area (Å²) in [5.74, 6) is 2.20. The molecule has 0 aliphatic heterocycles. The van der Waals surface area contributed by atoms with Crippen LogP contribution in [0, 0.1) is 11.8 Å². The van der Waals surface area contributed by atoms with Gasteiger partial charge in [-0.1, -0.05) is 103 Å². The molecule has 112 valence electrons. The van der Waals surface area contributed by atoms with Crippen LogP contribution in [-0.4, -0.2) is 8.41 Å². The molecule has 0 aromatic heterocycles. The zero-order valence-electron chi connectivity index (χ0n) is 12.5. The van der Waals surface area contributed by atoms with Crippen LogP contribution in [0.1, 0.15) is 103 Å². The Morgan fingerprint density at radius 1 is 0.316 bits per heavy atom. The van der Waals surface area contributed by atoms with Crippen LogP contribution in [0.3, 0.4) is 0 Å². The van der Waals surface area contributed by atoms with Gasteiger partial charge in [0.25, 0.3) is 0 Å². The third-order valence-corrected chi connectivity index (χ3v) is 5.47. The van der Waals surface area contributed by atoms with Gasteiger partial charge in [-0.2, -0.15) is 0 Å². The van der Waals surface area contributed by atoms with Crippen molar-refractivity contribution in [2.45, 2.75) is 103 Å². The van der Waals surface area contributed by atoms with Crippen molar-refractivity contribution >= 4 is 8.41 Å². The maximum Gasteiger partial charge on any atom is 0.0814 e. The van der Waals surface area contributed by atoms with Gasteiger partial charge in [0.05, 0.1) is 8.41 Å². The highest BCUT2D eigenvalue weighted by molar-refractivity contribution is 5.75. The van der Waals surface area contributed by atoms with Crippen LogP contribution >= 0.6 is 0 Å². The third-order valence-electron chi connectivity index (χ3n) is 5.47. The summed E-state index contributed by atoms with van der Waals surface area (Å²) in [5, 5.41) is 0. The van der Waals surface area contributed by atoms with E-state index in [0.29, 0.717) is 0 Å². The summed E-state index contributed by atoms with van der Waals surface area (Å²) < 4.78 is 0. The largest absolute Gasteiger partial charge is 0.0814 e. The fraction of sp³-hybridized carbons (Fsp3) is 1.00. The van der Waals surface area contributed by atoms with Gasteiger partial charge in [-0.25, -0.2) is 0 Å². The van der Waals surface area contributed by atoms with Gasteiger partial charge in [0, 0.05) is 0 Å². The fourth-order valence-electron chi connectivity index (χ4n) is 4.27. The second-order valence-corrected chi connectivity index (χ2v) is 6.92. The average molecular weight is 264 g/mol. The van der Waals surface area contributed by atoms with Gasteiger partial charge in [0.2, 0.25) is 0 Å². The van der Waals surface area contributed by atoms with Gasteiger partial charge in [-0.3, -0.25) is 0 Å². The summed E-state index contributed by atoms with van der Waals surface area (Å²) in [6.07, 6.45) is 24.5. The minimum Gasteiger partial charge on any atom is -0.0533 e. The number of rotatable bonds is 1. The fourth-order valence-corrected chi connectivity index (χ4v) is 4.27. The quantitative estimate of drug-likeness (QED) is 0.563. The number of hydrogen-bond acceptors (Lipinski definition) is 0. The lowest BCUT2D eigenvalue weighted by atomic mass is 9.79. The molecule has 0 atom stereocenters. The minimum absolute atomic E-state index is 0. The summed E-state index contributed by atoms with van der Waals surface area (Å²) >= 11 is 0. The molecule has 0 unspecified atom stereocenters. The second-order valence-electron chi connectivity index (χ2n) is 6.92. The molecule has 2 rings (SSSR count).